The van der Waals surface area contributed by atoms with Crippen LogP contribution in [0, 0.1) is 0 Å². The van der Waals surface area contributed by atoms with Crippen LogP contribution in [-0.2, 0) is 0 Å². The fourth-order valence-corrected chi connectivity index (χ4v) is 4.42. The summed E-state index contributed by atoms with van der Waals surface area (Å²) in [6.07, 6.45) is 3.33. The maximum atomic E-state index is 3.54. The first-order valence-electron chi connectivity index (χ1n) is 10.1. The van der Waals surface area contributed by atoms with Gasteiger partial charge in [-0.3, -0.25) is 4.90 Å². The van der Waals surface area contributed by atoms with Crippen molar-refractivity contribution in [2.45, 2.75) is 17.4 Å². The highest BCUT2D eigenvalue weighted by Crippen LogP contribution is 2.32. The zero-order chi connectivity index (χ0) is 19.2. The molecule has 3 heteroatoms. The molecule has 1 aliphatic rings. The van der Waals surface area contributed by atoms with Gasteiger partial charge in [0.05, 0.1) is 6.04 Å². The van der Waals surface area contributed by atoms with Crippen molar-refractivity contribution in [3.05, 3.63) is 90.0 Å². The molecule has 1 atom stereocenters. The van der Waals surface area contributed by atoms with Crippen LogP contribution in [0.25, 0.3) is 11.1 Å². The number of hydrogen-bond donors (Lipinski definition) is 1. The fraction of sp³-hybridized carbons (Fsp3) is 0.280. The summed E-state index contributed by atoms with van der Waals surface area (Å²) in [4.78, 5) is 3.95. The number of benzene rings is 3. The Kier molecular flexibility index (Phi) is 6.48. The molecule has 3 aromatic carbocycles. The number of rotatable bonds is 5. The summed E-state index contributed by atoms with van der Waals surface area (Å²) >= 11 is 1.80. The molecule has 0 saturated carbocycles. The lowest BCUT2D eigenvalue weighted by molar-refractivity contribution is 0.241. The number of hydrogen-bond acceptors (Lipinski definition) is 3. The normalized spacial score (nSPS) is 16.5. The van der Waals surface area contributed by atoms with Crippen molar-refractivity contribution in [3.63, 3.8) is 0 Å². The average Bonchev–Trinajstić information content (AvgIpc) is 3.05. The standard InChI is InChI=1S/C25H28N2S/c1-28-24-14-12-23(13-15-24)25(27-18-5-16-26-17-19-27)22-10-8-21(9-11-22)20-6-3-2-4-7-20/h2-4,6-15,25-26H,5,16-19H2,1H3. The second-order valence-corrected chi connectivity index (χ2v) is 8.18. The van der Waals surface area contributed by atoms with Crippen LogP contribution in [0.2, 0.25) is 0 Å². The van der Waals surface area contributed by atoms with E-state index < -0.39 is 0 Å². The largest absolute Gasteiger partial charge is 0.315 e. The van der Waals surface area contributed by atoms with Crippen LogP contribution in [-0.4, -0.2) is 37.3 Å². The minimum atomic E-state index is 0.306. The first kappa shape index (κ1) is 19.3. The number of nitrogens with one attached hydrogen (secondary N) is 1. The monoisotopic (exact) mass is 388 g/mol. The molecule has 0 aromatic heterocycles. The second-order valence-electron chi connectivity index (χ2n) is 7.30. The van der Waals surface area contributed by atoms with Crippen molar-refractivity contribution < 1.29 is 0 Å². The maximum absolute atomic E-state index is 3.54. The van der Waals surface area contributed by atoms with Crippen LogP contribution in [0.1, 0.15) is 23.6 Å². The predicted molar refractivity (Wildman–Crippen MR) is 121 cm³/mol. The first-order valence-corrected chi connectivity index (χ1v) is 11.3. The van der Waals surface area contributed by atoms with Gasteiger partial charge in [0.2, 0.25) is 0 Å². The van der Waals surface area contributed by atoms with E-state index in [1.54, 1.807) is 11.8 Å². The number of thioether (sulfide) groups is 1. The highest BCUT2D eigenvalue weighted by molar-refractivity contribution is 7.98. The summed E-state index contributed by atoms with van der Waals surface area (Å²) in [5.74, 6) is 0. The van der Waals surface area contributed by atoms with Gasteiger partial charge in [0, 0.05) is 24.5 Å². The smallest absolute Gasteiger partial charge is 0.0602 e. The molecule has 3 aromatic rings. The van der Waals surface area contributed by atoms with Crippen molar-refractivity contribution in [1.29, 1.82) is 0 Å². The van der Waals surface area contributed by atoms with Crippen LogP contribution in [0.3, 0.4) is 0 Å². The van der Waals surface area contributed by atoms with Crippen LogP contribution >= 0.6 is 11.8 Å². The van der Waals surface area contributed by atoms with Crippen molar-refractivity contribution >= 4 is 11.8 Å². The minimum absolute atomic E-state index is 0.306. The second kappa shape index (κ2) is 9.42. The van der Waals surface area contributed by atoms with E-state index in [1.165, 1.54) is 33.6 Å². The lowest BCUT2D eigenvalue weighted by Crippen LogP contribution is -2.33. The van der Waals surface area contributed by atoms with Crippen LogP contribution < -0.4 is 5.32 Å². The van der Waals surface area contributed by atoms with Crippen molar-refractivity contribution in [2.75, 3.05) is 32.4 Å². The van der Waals surface area contributed by atoms with Crippen LogP contribution in [0.4, 0.5) is 0 Å². The third kappa shape index (κ3) is 4.49. The lowest BCUT2D eigenvalue weighted by atomic mass is 9.94. The Bertz CT molecular complexity index is 851. The molecule has 28 heavy (non-hydrogen) atoms. The van der Waals surface area contributed by atoms with Crippen LogP contribution in [0.5, 0.6) is 0 Å². The zero-order valence-electron chi connectivity index (χ0n) is 16.5. The van der Waals surface area contributed by atoms with Crippen molar-refractivity contribution in [3.8, 4) is 11.1 Å². The van der Waals surface area contributed by atoms with E-state index >= 15 is 0 Å². The maximum Gasteiger partial charge on any atom is 0.0602 e. The molecule has 0 aliphatic carbocycles. The van der Waals surface area contributed by atoms with Gasteiger partial charge in [0.25, 0.3) is 0 Å². The van der Waals surface area contributed by atoms with E-state index in [0.717, 1.165) is 26.2 Å². The van der Waals surface area contributed by atoms with Crippen LogP contribution in [0.15, 0.2) is 83.8 Å². The molecule has 1 N–H and O–H groups in total. The summed E-state index contributed by atoms with van der Waals surface area (Å²) in [6.45, 7) is 4.38. The minimum Gasteiger partial charge on any atom is -0.315 e. The molecule has 0 bridgehead atoms. The van der Waals surface area contributed by atoms with E-state index in [0.29, 0.717) is 6.04 Å². The highest BCUT2D eigenvalue weighted by atomic mass is 32.2. The van der Waals surface area contributed by atoms with Gasteiger partial charge in [-0.2, -0.15) is 0 Å². The summed E-state index contributed by atoms with van der Waals surface area (Å²) in [7, 11) is 0. The molecule has 0 radical (unpaired) electrons. The van der Waals surface area contributed by atoms with E-state index in [9.17, 15) is 0 Å². The van der Waals surface area contributed by atoms with Gasteiger partial charge >= 0.3 is 0 Å². The van der Waals surface area contributed by atoms with E-state index in [1.807, 2.05) is 0 Å². The Balaban J connectivity index is 1.67. The zero-order valence-corrected chi connectivity index (χ0v) is 17.3. The van der Waals surface area contributed by atoms with Gasteiger partial charge in [-0.15, -0.1) is 11.8 Å². The summed E-state index contributed by atoms with van der Waals surface area (Å²) in [5.41, 5.74) is 5.30. The lowest BCUT2D eigenvalue weighted by Gasteiger charge is -2.31. The van der Waals surface area contributed by atoms with Gasteiger partial charge in [-0.05, 0) is 53.6 Å². The molecule has 144 valence electrons. The summed E-state index contributed by atoms with van der Waals surface area (Å²) in [6, 6.07) is 29.2. The summed E-state index contributed by atoms with van der Waals surface area (Å²) < 4.78 is 0. The fourth-order valence-electron chi connectivity index (χ4n) is 4.01. The molecule has 4 rings (SSSR count). The molecule has 0 spiro atoms. The highest BCUT2D eigenvalue weighted by Gasteiger charge is 2.23. The third-order valence-corrected chi connectivity index (χ3v) is 6.25. The third-order valence-electron chi connectivity index (χ3n) is 5.50. The quantitative estimate of drug-likeness (QED) is 0.584. The Morgan fingerprint density at radius 1 is 0.750 bits per heavy atom. The van der Waals surface area contributed by atoms with Gasteiger partial charge in [0.15, 0.2) is 0 Å². The first-order chi connectivity index (χ1) is 13.8. The molecular weight excluding hydrogens is 360 g/mol. The van der Waals surface area contributed by atoms with Crippen molar-refractivity contribution in [2.24, 2.45) is 0 Å². The molecule has 1 unspecified atom stereocenters. The molecule has 1 fully saturated rings. The topological polar surface area (TPSA) is 15.3 Å². The SMILES string of the molecule is CSc1ccc(C(c2ccc(-c3ccccc3)cc2)N2CCCNCC2)cc1. The molecule has 1 saturated heterocycles. The predicted octanol–water partition coefficient (Wildman–Crippen LogP) is 5.46. The molecule has 2 nitrogen and oxygen atoms in total. The van der Waals surface area contributed by atoms with Gasteiger partial charge in [0.1, 0.15) is 0 Å². The van der Waals surface area contributed by atoms with Gasteiger partial charge in [-0.1, -0.05) is 66.7 Å². The van der Waals surface area contributed by atoms with E-state index in [4.69, 9.17) is 0 Å². The Labute approximate surface area is 173 Å². The molecule has 0 amide bonds. The van der Waals surface area contributed by atoms with Crippen molar-refractivity contribution in [1.82, 2.24) is 10.2 Å². The van der Waals surface area contributed by atoms with Gasteiger partial charge in [-0.25, -0.2) is 0 Å². The van der Waals surface area contributed by atoms with Gasteiger partial charge < -0.3 is 5.32 Å². The Hall–Kier alpha value is -2.07. The Morgan fingerprint density at radius 3 is 2.07 bits per heavy atom. The molecular formula is C25H28N2S. The van der Waals surface area contributed by atoms with E-state index in [-0.39, 0.29) is 0 Å². The Morgan fingerprint density at radius 2 is 1.39 bits per heavy atom. The van der Waals surface area contributed by atoms with E-state index in [2.05, 4.69) is 95.3 Å². The summed E-state index contributed by atoms with van der Waals surface area (Å²) in [5, 5.41) is 3.54. The number of nitrogens with zero attached hydrogens (tertiary/aromatic N) is 1. The molecule has 1 aliphatic heterocycles. The average molecular weight is 389 g/mol. The molecule has 1 heterocycles.